The van der Waals surface area contributed by atoms with Crippen LogP contribution in [0.4, 0.5) is 0 Å². The molecule has 3 nitrogen and oxygen atoms in total. The Bertz CT molecular complexity index is 721. The highest BCUT2D eigenvalue weighted by atomic mass is 16.5. The summed E-state index contributed by atoms with van der Waals surface area (Å²) in [6, 6.07) is 12.2. The molecule has 1 N–H and O–H groups in total. The van der Waals surface area contributed by atoms with Gasteiger partial charge in [0.25, 0.3) is 0 Å². The van der Waals surface area contributed by atoms with Gasteiger partial charge >= 0.3 is 5.97 Å². The number of hydrogen-bond acceptors (Lipinski definition) is 3. The Morgan fingerprint density at radius 3 is 2.67 bits per heavy atom. The summed E-state index contributed by atoms with van der Waals surface area (Å²) in [4.78, 5) is 12.0. The first-order valence-electron chi connectivity index (χ1n) is 6.69. The molecule has 2 rings (SSSR count). The second-order valence-corrected chi connectivity index (χ2v) is 4.52. The van der Waals surface area contributed by atoms with Crippen molar-refractivity contribution in [2.45, 2.75) is 13.8 Å². The summed E-state index contributed by atoms with van der Waals surface area (Å²) < 4.78 is 5.07. The van der Waals surface area contributed by atoms with Crippen molar-refractivity contribution in [3.63, 3.8) is 0 Å². The third-order valence-electron chi connectivity index (χ3n) is 2.94. The maximum atomic E-state index is 12.0. The summed E-state index contributed by atoms with van der Waals surface area (Å²) in [5.41, 5.74) is 2.63. The van der Waals surface area contributed by atoms with Crippen LogP contribution in [0.2, 0.25) is 0 Å². The molecular formula is C18H16O3. The molecule has 0 unspecified atom stereocenters. The molecule has 3 heteroatoms. The van der Waals surface area contributed by atoms with Gasteiger partial charge in [-0.3, -0.25) is 0 Å². The van der Waals surface area contributed by atoms with E-state index in [1.54, 1.807) is 37.3 Å². The fraction of sp³-hybridized carbons (Fsp3) is 0.167. The molecule has 0 aliphatic carbocycles. The van der Waals surface area contributed by atoms with Crippen molar-refractivity contribution in [2.24, 2.45) is 0 Å². The van der Waals surface area contributed by atoms with Crippen molar-refractivity contribution in [3.05, 3.63) is 64.7 Å². The molecule has 2 aromatic rings. The number of carbonyl (C=O) groups is 1. The van der Waals surface area contributed by atoms with Gasteiger partial charge in [0.15, 0.2) is 0 Å². The van der Waals surface area contributed by atoms with Gasteiger partial charge in [-0.25, -0.2) is 4.79 Å². The predicted molar refractivity (Wildman–Crippen MR) is 81.2 cm³/mol. The quantitative estimate of drug-likeness (QED) is 0.678. The molecule has 0 heterocycles. The standard InChI is InChI=1S/C18H16O3/c1-3-21-18(20)17-13(2)6-4-8-15(17)11-10-14-7-5-9-16(19)12-14/h4-9,12,19H,3H2,1-2H3. The van der Waals surface area contributed by atoms with Gasteiger partial charge in [-0.2, -0.15) is 0 Å². The first-order chi connectivity index (χ1) is 10.1. The fourth-order valence-corrected chi connectivity index (χ4v) is 1.97. The second-order valence-electron chi connectivity index (χ2n) is 4.52. The van der Waals surface area contributed by atoms with Gasteiger partial charge in [0.05, 0.1) is 12.2 Å². The molecule has 0 amide bonds. The molecule has 21 heavy (non-hydrogen) atoms. The SMILES string of the molecule is CCOC(=O)c1c(C)cccc1C#Cc1cccc(O)c1. The fourth-order valence-electron chi connectivity index (χ4n) is 1.97. The molecule has 0 aliphatic rings. The number of aryl methyl sites for hydroxylation is 1. The number of benzene rings is 2. The van der Waals surface area contributed by atoms with E-state index in [0.29, 0.717) is 23.3 Å². The van der Waals surface area contributed by atoms with E-state index in [1.165, 1.54) is 0 Å². The molecule has 0 spiro atoms. The molecule has 0 aliphatic heterocycles. The Balaban J connectivity index is 2.42. The third kappa shape index (κ3) is 3.64. The summed E-state index contributed by atoms with van der Waals surface area (Å²) >= 11 is 0. The van der Waals surface area contributed by atoms with Crippen molar-refractivity contribution >= 4 is 5.97 Å². The van der Waals surface area contributed by atoms with E-state index >= 15 is 0 Å². The molecule has 0 saturated heterocycles. The highest BCUT2D eigenvalue weighted by Gasteiger charge is 2.13. The zero-order chi connectivity index (χ0) is 15.2. The minimum atomic E-state index is -0.365. The van der Waals surface area contributed by atoms with E-state index in [4.69, 9.17) is 4.74 Å². The van der Waals surface area contributed by atoms with Crippen molar-refractivity contribution in [2.75, 3.05) is 6.61 Å². The van der Waals surface area contributed by atoms with E-state index in [1.807, 2.05) is 19.1 Å². The Morgan fingerprint density at radius 2 is 1.95 bits per heavy atom. The first kappa shape index (κ1) is 14.7. The van der Waals surface area contributed by atoms with Gasteiger partial charge in [0.2, 0.25) is 0 Å². The zero-order valence-electron chi connectivity index (χ0n) is 12.0. The van der Waals surface area contributed by atoms with Crippen LogP contribution in [0.5, 0.6) is 5.75 Å². The minimum absolute atomic E-state index is 0.164. The Kier molecular flexibility index (Phi) is 4.63. The van der Waals surface area contributed by atoms with Crippen LogP contribution in [0.1, 0.15) is 34.0 Å². The maximum absolute atomic E-state index is 12.0. The van der Waals surface area contributed by atoms with Crippen LogP contribution >= 0.6 is 0 Å². The van der Waals surface area contributed by atoms with Crippen molar-refractivity contribution in [1.29, 1.82) is 0 Å². The average molecular weight is 280 g/mol. The normalized spacial score (nSPS) is 9.62. The lowest BCUT2D eigenvalue weighted by atomic mass is 10.0. The van der Waals surface area contributed by atoms with Crippen molar-refractivity contribution in [3.8, 4) is 17.6 Å². The summed E-state index contributed by atoms with van der Waals surface area (Å²) in [7, 11) is 0. The van der Waals surface area contributed by atoms with Crippen molar-refractivity contribution < 1.29 is 14.6 Å². The summed E-state index contributed by atoms with van der Waals surface area (Å²) in [6.07, 6.45) is 0. The Labute approximate surface area is 124 Å². The number of esters is 1. The van der Waals surface area contributed by atoms with Crippen molar-refractivity contribution in [1.82, 2.24) is 0 Å². The number of ether oxygens (including phenoxy) is 1. The largest absolute Gasteiger partial charge is 0.508 e. The molecule has 0 fully saturated rings. The van der Waals surface area contributed by atoms with Crippen LogP contribution in [0.3, 0.4) is 0 Å². The number of carbonyl (C=O) groups excluding carboxylic acids is 1. The lowest BCUT2D eigenvalue weighted by Crippen LogP contribution is -2.09. The maximum Gasteiger partial charge on any atom is 0.339 e. The molecule has 0 aromatic heterocycles. The van der Waals surface area contributed by atoms with E-state index in [2.05, 4.69) is 11.8 Å². The van der Waals surface area contributed by atoms with E-state index in [-0.39, 0.29) is 11.7 Å². The van der Waals surface area contributed by atoms with Crippen LogP contribution in [-0.4, -0.2) is 17.7 Å². The number of aromatic hydroxyl groups is 1. The molecule has 0 saturated carbocycles. The summed E-state index contributed by atoms with van der Waals surface area (Å²) in [5, 5.41) is 9.43. The topological polar surface area (TPSA) is 46.5 Å². The minimum Gasteiger partial charge on any atom is -0.508 e. The molecule has 0 radical (unpaired) electrons. The van der Waals surface area contributed by atoms with E-state index < -0.39 is 0 Å². The van der Waals surface area contributed by atoms with E-state index in [0.717, 1.165) is 5.56 Å². The molecule has 106 valence electrons. The predicted octanol–water partition coefficient (Wildman–Crippen LogP) is 3.28. The Hall–Kier alpha value is -2.73. The van der Waals surface area contributed by atoms with Gasteiger partial charge in [0, 0.05) is 11.1 Å². The third-order valence-corrected chi connectivity index (χ3v) is 2.94. The van der Waals surface area contributed by atoms with Gasteiger partial charge in [-0.1, -0.05) is 30.0 Å². The monoisotopic (exact) mass is 280 g/mol. The molecule has 2 aromatic carbocycles. The van der Waals surface area contributed by atoms with Crippen LogP contribution in [0, 0.1) is 18.8 Å². The molecule has 0 bridgehead atoms. The number of phenols is 1. The average Bonchev–Trinajstić information content (AvgIpc) is 2.45. The number of phenolic OH excluding ortho intramolecular Hbond substituents is 1. The summed E-state index contributed by atoms with van der Waals surface area (Å²) in [6.45, 7) is 3.95. The first-order valence-corrected chi connectivity index (χ1v) is 6.69. The van der Waals surface area contributed by atoms with Gasteiger partial charge in [0.1, 0.15) is 5.75 Å². The summed E-state index contributed by atoms with van der Waals surface area (Å²) in [5.74, 6) is 5.72. The van der Waals surface area contributed by atoms with Gasteiger partial charge in [-0.15, -0.1) is 0 Å². The van der Waals surface area contributed by atoms with Crippen LogP contribution < -0.4 is 0 Å². The van der Waals surface area contributed by atoms with Gasteiger partial charge < -0.3 is 9.84 Å². The van der Waals surface area contributed by atoms with Crippen LogP contribution in [-0.2, 0) is 4.74 Å². The molecular weight excluding hydrogens is 264 g/mol. The lowest BCUT2D eigenvalue weighted by Gasteiger charge is -2.07. The highest BCUT2D eigenvalue weighted by Crippen LogP contribution is 2.15. The number of rotatable bonds is 2. The zero-order valence-corrected chi connectivity index (χ0v) is 12.0. The highest BCUT2D eigenvalue weighted by molar-refractivity contribution is 5.94. The smallest absolute Gasteiger partial charge is 0.339 e. The van der Waals surface area contributed by atoms with Gasteiger partial charge in [-0.05, 0) is 43.7 Å². The molecule has 0 atom stereocenters. The van der Waals surface area contributed by atoms with Crippen LogP contribution in [0.15, 0.2) is 42.5 Å². The van der Waals surface area contributed by atoms with Crippen LogP contribution in [0.25, 0.3) is 0 Å². The lowest BCUT2D eigenvalue weighted by molar-refractivity contribution is 0.0525. The van der Waals surface area contributed by atoms with E-state index in [9.17, 15) is 9.90 Å². The second kappa shape index (κ2) is 6.62. The number of hydrogen-bond donors (Lipinski definition) is 1. The Morgan fingerprint density at radius 1 is 1.19 bits per heavy atom.